The lowest BCUT2D eigenvalue weighted by atomic mass is 10.1. The Morgan fingerprint density at radius 3 is 2.47 bits per heavy atom. The van der Waals surface area contributed by atoms with Crippen molar-refractivity contribution in [3.63, 3.8) is 0 Å². The Morgan fingerprint density at radius 2 is 1.75 bits per heavy atom. The van der Waals surface area contributed by atoms with Crippen LogP contribution in [-0.4, -0.2) is 23.2 Å². The van der Waals surface area contributed by atoms with Crippen molar-refractivity contribution in [3.05, 3.63) is 89.5 Å². The number of aromatic nitrogens is 2. The zero-order valence-corrected chi connectivity index (χ0v) is 18.8. The van der Waals surface area contributed by atoms with Gasteiger partial charge in [0.05, 0.1) is 7.11 Å². The maximum absolute atomic E-state index is 13.3. The molecule has 0 spiro atoms. The highest BCUT2D eigenvalue weighted by atomic mass is 32.2. The van der Waals surface area contributed by atoms with Crippen molar-refractivity contribution in [1.29, 1.82) is 0 Å². The number of nitrogens with zero attached hydrogens (tertiary/aromatic N) is 2. The minimum atomic E-state index is -0.555. The van der Waals surface area contributed by atoms with Crippen LogP contribution in [0, 0.1) is 13.8 Å². The third-order valence-electron chi connectivity index (χ3n) is 4.95. The molecule has 1 unspecified atom stereocenters. The summed E-state index contributed by atoms with van der Waals surface area (Å²) in [6, 6.07) is 22.9. The van der Waals surface area contributed by atoms with Crippen LogP contribution in [0.15, 0.2) is 82.4 Å². The number of hydrogen-bond acceptors (Lipinski definition) is 6. The molecule has 4 rings (SSSR count). The molecule has 6 nitrogen and oxygen atoms in total. The van der Waals surface area contributed by atoms with Crippen LogP contribution in [0.4, 0.5) is 5.69 Å². The van der Waals surface area contributed by atoms with Crippen LogP contribution in [-0.2, 0) is 4.79 Å². The van der Waals surface area contributed by atoms with E-state index >= 15 is 0 Å². The van der Waals surface area contributed by atoms with E-state index in [0.717, 1.165) is 33.7 Å². The van der Waals surface area contributed by atoms with Crippen molar-refractivity contribution < 1.29 is 13.9 Å². The minimum Gasteiger partial charge on any atom is -0.497 e. The van der Waals surface area contributed by atoms with Crippen LogP contribution in [0.3, 0.4) is 0 Å². The number of methoxy groups -OCH3 is 1. The molecular formula is C25H23N3O3S. The molecule has 1 N–H and O–H groups in total. The summed E-state index contributed by atoms with van der Waals surface area (Å²) in [5.41, 5.74) is 4.50. The molecule has 0 radical (unpaired) electrons. The Labute approximate surface area is 191 Å². The van der Waals surface area contributed by atoms with Crippen LogP contribution in [0.2, 0.25) is 0 Å². The van der Waals surface area contributed by atoms with E-state index in [2.05, 4.69) is 15.5 Å². The first kappa shape index (κ1) is 21.6. The standard InChI is InChI=1S/C25H23N3O3S/c1-16-9-10-17(2)21(15-16)26-23(29)22(18-7-5-4-6-8-18)32-25-28-27-24(31-25)19-11-13-20(30-3)14-12-19/h4-15,22H,1-3H3,(H,26,29). The molecule has 0 aliphatic rings. The number of aryl methyl sites for hydroxylation is 2. The van der Waals surface area contributed by atoms with E-state index in [1.807, 2.05) is 86.6 Å². The fourth-order valence-corrected chi connectivity index (χ4v) is 4.05. The maximum Gasteiger partial charge on any atom is 0.277 e. The summed E-state index contributed by atoms with van der Waals surface area (Å²) in [6.45, 7) is 3.97. The fraction of sp³-hybridized carbons (Fsp3) is 0.160. The van der Waals surface area contributed by atoms with Crippen molar-refractivity contribution in [3.8, 4) is 17.2 Å². The van der Waals surface area contributed by atoms with E-state index in [-0.39, 0.29) is 5.91 Å². The summed E-state index contributed by atoms with van der Waals surface area (Å²) < 4.78 is 11.0. The Kier molecular flexibility index (Phi) is 6.56. The van der Waals surface area contributed by atoms with Gasteiger partial charge in [-0.05, 0) is 72.6 Å². The van der Waals surface area contributed by atoms with Crippen LogP contribution < -0.4 is 10.1 Å². The number of benzene rings is 3. The number of ether oxygens (including phenoxy) is 1. The first-order valence-corrected chi connectivity index (χ1v) is 11.0. The van der Waals surface area contributed by atoms with E-state index in [1.165, 1.54) is 11.8 Å². The number of hydrogen-bond donors (Lipinski definition) is 1. The van der Waals surface area contributed by atoms with E-state index in [9.17, 15) is 4.79 Å². The second-order valence-corrected chi connectivity index (χ2v) is 8.37. The highest BCUT2D eigenvalue weighted by Gasteiger charge is 2.25. The Morgan fingerprint density at radius 1 is 1.00 bits per heavy atom. The smallest absolute Gasteiger partial charge is 0.277 e. The van der Waals surface area contributed by atoms with Crippen LogP contribution in [0.1, 0.15) is 21.9 Å². The van der Waals surface area contributed by atoms with Gasteiger partial charge in [0.1, 0.15) is 11.0 Å². The lowest BCUT2D eigenvalue weighted by Gasteiger charge is -2.16. The van der Waals surface area contributed by atoms with E-state index in [0.29, 0.717) is 11.1 Å². The summed E-state index contributed by atoms with van der Waals surface area (Å²) in [5, 5.41) is 11.1. The number of carbonyl (C=O) groups is 1. The Hall–Kier alpha value is -3.58. The predicted molar refractivity (Wildman–Crippen MR) is 126 cm³/mol. The summed E-state index contributed by atoms with van der Waals surface area (Å²) in [4.78, 5) is 13.3. The molecule has 32 heavy (non-hydrogen) atoms. The van der Waals surface area contributed by atoms with Gasteiger partial charge in [-0.15, -0.1) is 10.2 Å². The minimum absolute atomic E-state index is 0.154. The Bertz CT molecular complexity index is 1210. The zero-order chi connectivity index (χ0) is 22.5. The normalized spacial score (nSPS) is 11.7. The fourth-order valence-electron chi connectivity index (χ4n) is 3.18. The first-order chi connectivity index (χ1) is 15.5. The van der Waals surface area contributed by atoms with Crippen LogP contribution in [0.25, 0.3) is 11.5 Å². The van der Waals surface area contributed by atoms with Gasteiger partial charge in [-0.3, -0.25) is 4.79 Å². The number of rotatable bonds is 7. The number of nitrogens with one attached hydrogen (secondary N) is 1. The van der Waals surface area contributed by atoms with Crippen molar-refractivity contribution in [2.75, 3.05) is 12.4 Å². The molecule has 4 aromatic rings. The van der Waals surface area contributed by atoms with Gasteiger partial charge in [-0.1, -0.05) is 42.5 Å². The highest BCUT2D eigenvalue weighted by Crippen LogP contribution is 2.37. The topological polar surface area (TPSA) is 77.2 Å². The maximum atomic E-state index is 13.3. The van der Waals surface area contributed by atoms with Gasteiger partial charge in [0.25, 0.3) is 5.22 Å². The molecule has 1 heterocycles. The van der Waals surface area contributed by atoms with Gasteiger partial charge in [0, 0.05) is 11.3 Å². The summed E-state index contributed by atoms with van der Waals surface area (Å²) >= 11 is 1.23. The van der Waals surface area contributed by atoms with Crippen molar-refractivity contribution in [2.24, 2.45) is 0 Å². The monoisotopic (exact) mass is 445 g/mol. The Balaban J connectivity index is 1.58. The molecule has 7 heteroatoms. The van der Waals surface area contributed by atoms with Gasteiger partial charge in [-0.25, -0.2) is 0 Å². The van der Waals surface area contributed by atoms with Crippen molar-refractivity contribution in [1.82, 2.24) is 10.2 Å². The van der Waals surface area contributed by atoms with Gasteiger partial charge >= 0.3 is 0 Å². The number of thioether (sulfide) groups is 1. The molecule has 0 saturated heterocycles. The third-order valence-corrected chi connectivity index (χ3v) is 6.04. The van der Waals surface area contributed by atoms with Gasteiger partial charge in [0.15, 0.2) is 0 Å². The first-order valence-electron chi connectivity index (χ1n) is 10.1. The van der Waals surface area contributed by atoms with Gasteiger partial charge in [0.2, 0.25) is 11.8 Å². The summed E-state index contributed by atoms with van der Waals surface area (Å²) in [5.74, 6) is 0.978. The van der Waals surface area contributed by atoms with Gasteiger partial charge < -0.3 is 14.5 Å². The molecule has 1 atom stereocenters. The van der Waals surface area contributed by atoms with Gasteiger partial charge in [-0.2, -0.15) is 0 Å². The molecule has 162 valence electrons. The number of carbonyl (C=O) groups excluding carboxylic acids is 1. The second kappa shape index (κ2) is 9.70. The van der Waals surface area contributed by atoms with Crippen molar-refractivity contribution in [2.45, 2.75) is 24.3 Å². The molecule has 1 amide bonds. The van der Waals surface area contributed by atoms with Crippen LogP contribution in [0.5, 0.6) is 5.75 Å². The second-order valence-electron chi connectivity index (χ2n) is 7.32. The summed E-state index contributed by atoms with van der Waals surface area (Å²) in [7, 11) is 1.61. The SMILES string of the molecule is COc1ccc(-c2nnc(SC(C(=O)Nc3cc(C)ccc3C)c3ccccc3)o2)cc1. The molecule has 0 aliphatic heterocycles. The van der Waals surface area contributed by atoms with E-state index in [4.69, 9.17) is 9.15 Å². The molecule has 3 aromatic carbocycles. The molecule has 0 aliphatic carbocycles. The molecule has 1 aromatic heterocycles. The van der Waals surface area contributed by atoms with Crippen molar-refractivity contribution >= 4 is 23.4 Å². The average molecular weight is 446 g/mol. The predicted octanol–water partition coefficient (Wildman–Crippen LogP) is 5.83. The highest BCUT2D eigenvalue weighted by molar-refractivity contribution is 8.00. The molecule has 0 saturated carbocycles. The lowest BCUT2D eigenvalue weighted by molar-refractivity contribution is -0.115. The quantitative estimate of drug-likeness (QED) is 0.361. The van der Waals surface area contributed by atoms with E-state index < -0.39 is 5.25 Å². The molecule has 0 fully saturated rings. The third kappa shape index (κ3) is 5.00. The van der Waals surface area contributed by atoms with E-state index in [1.54, 1.807) is 7.11 Å². The summed E-state index contributed by atoms with van der Waals surface area (Å²) in [6.07, 6.45) is 0. The average Bonchev–Trinajstić information content (AvgIpc) is 3.29. The number of amides is 1. The zero-order valence-electron chi connectivity index (χ0n) is 18.0. The number of anilines is 1. The molecular weight excluding hydrogens is 422 g/mol. The largest absolute Gasteiger partial charge is 0.497 e. The molecule has 0 bridgehead atoms. The lowest BCUT2D eigenvalue weighted by Crippen LogP contribution is -2.19. The van der Waals surface area contributed by atoms with Crippen LogP contribution >= 0.6 is 11.8 Å².